The van der Waals surface area contributed by atoms with E-state index in [1.807, 2.05) is 18.3 Å². The first-order valence-corrected chi connectivity index (χ1v) is 11.8. The van der Waals surface area contributed by atoms with Crippen molar-refractivity contribution in [3.63, 3.8) is 0 Å². The lowest BCUT2D eigenvalue weighted by Crippen LogP contribution is -2.42. The molecule has 1 saturated heterocycles. The highest BCUT2D eigenvalue weighted by Crippen LogP contribution is 2.46. The fourth-order valence-electron chi connectivity index (χ4n) is 4.71. The molecule has 0 radical (unpaired) electrons. The molecule has 2 aromatic rings. The molecule has 0 unspecified atom stereocenters. The SMILES string of the molecule is CC1=CC(C)(C)N(C)c2cc(Cl)c([C@@H]3[C@@H](c4ccccn4)NC(=S)N3CCN(C)C)cc21. The summed E-state index contributed by atoms with van der Waals surface area (Å²) >= 11 is 12.8. The molecule has 0 aliphatic carbocycles. The van der Waals surface area contributed by atoms with Crippen LogP contribution in [-0.2, 0) is 0 Å². The summed E-state index contributed by atoms with van der Waals surface area (Å²) in [6.45, 7) is 8.33. The number of nitrogens with one attached hydrogen (secondary N) is 1. The number of likely N-dealkylation sites (N-methyl/N-ethyl adjacent to an activating group) is 2. The number of anilines is 1. The first-order valence-electron chi connectivity index (χ1n) is 11.0. The molecule has 170 valence electrons. The van der Waals surface area contributed by atoms with Crippen molar-refractivity contribution in [2.24, 2.45) is 0 Å². The van der Waals surface area contributed by atoms with Gasteiger partial charge in [-0.2, -0.15) is 0 Å². The topological polar surface area (TPSA) is 34.6 Å². The molecule has 1 aromatic heterocycles. The summed E-state index contributed by atoms with van der Waals surface area (Å²) in [6.07, 6.45) is 4.16. The molecule has 7 heteroatoms. The van der Waals surface area contributed by atoms with Gasteiger partial charge < -0.3 is 20.0 Å². The van der Waals surface area contributed by atoms with E-state index in [1.54, 1.807) is 0 Å². The van der Waals surface area contributed by atoms with Gasteiger partial charge in [-0.25, -0.2) is 0 Å². The number of halogens is 1. The van der Waals surface area contributed by atoms with Gasteiger partial charge in [0.1, 0.15) is 0 Å². The van der Waals surface area contributed by atoms with Gasteiger partial charge in [0, 0.05) is 42.6 Å². The quantitative estimate of drug-likeness (QED) is 0.627. The van der Waals surface area contributed by atoms with Gasteiger partial charge in [0.05, 0.1) is 23.3 Å². The molecule has 1 fully saturated rings. The zero-order chi connectivity index (χ0) is 23.2. The van der Waals surface area contributed by atoms with E-state index in [4.69, 9.17) is 23.8 Å². The van der Waals surface area contributed by atoms with Gasteiger partial charge in [0.15, 0.2) is 5.11 Å². The Morgan fingerprint density at radius 2 is 2.00 bits per heavy atom. The minimum absolute atomic E-state index is 0.0387. The summed E-state index contributed by atoms with van der Waals surface area (Å²) in [7, 11) is 6.29. The van der Waals surface area contributed by atoms with Crippen LogP contribution in [0.25, 0.3) is 5.57 Å². The maximum atomic E-state index is 7.00. The third kappa shape index (κ3) is 4.12. The van der Waals surface area contributed by atoms with E-state index in [2.05, 4.69) is 91.2 Å². The van der Waals surface area contributed by atoms with Crippen molar-refractivity contribution in [3.05, 3.63) is 64.4 Å². The summed E-state index contributed by atoms with van der Waals surface area (Å²) < 4.78 is 0. The minimum atomic E-state index is -0.0662. The Balaban J connectivity index is 1.83. The number of thiocarbonyl (C=S) groups is 1. The van der Waals surface area contributed by atoms with E-state index in [1.165, 1.54) is 11.1 Å². The normalized spacial score (nSPS) is 22.1. The van der Waals surface area contributed by atoms with Crippen molar-refractivity contribution in [2.75, 3.05) is 39.1 Å². The van der Waals surface area contributed by atoms with E-state index in [0.29, 0.717) is 0 Å². The second-order valence-electron chi connectivity index (χ2n) is 9.55. The van der Waals surface area contributed by atoms with Gasteiger partial charge in [0.2, 0.25) is 0 Å². The molecule has 1 aromatic carbocycles. The van der Waals surface area contributed by atoms with E-state index in [-0.39, 0.29) is 17.6 Å². The minimum Gasteiger partial charge on any atom is -0.365 e. The van der Waals surface area contributed by atoms with Crippen molar-refractivity contribution < 1.29 is 0 Å². The third-order valence-corrected chi connectivity index (χ3v) is 7.32. The van der Waals surface area contributed by atoms with Crippen molar-refractivity contribution >= 4 is 40.2 Å². The van der Waals surface area contributed by atoms with E-state index in [0.717, 1.165) is 40.2 Å². The Labute approximate surface area is 202 Å². The molecule has 4 rings (SSSR count). The first-order chi connectivity index (χ1) is 15.1. The number of benzene rings is 1. The lowest BCUT2D eigenvalue weighted by Gasteiger charge is -2.41. The summed E-state index contributed by atoms with van der Waals surface area (Å²) in [4.78, 5) is 11.4. The molecule has 2 atom stereocenters. The Hall–Kier alpha value is -2.15. The number of allylic oxidation sites excluding steroid dienone is 1. The highest BCUT2D eigenvalue weighted by atomic mass is 35.5. The molecule has 1 N–H and O–H groups in total. The molecule has 0 bridgehead atoms. The molecule has 5 nitrogen and oxygen atoms in total. The molecule has 32 heavy (non-hydrogen) atoms. The zero-order valence-electron chi connectivity index (χ0n) is 19.7. The fourth-order valence-corrected chi connectivity index (χ4v) is 5.31. The van der Waals surface area contributed by atoms with Gasteiger partial charge in [-0.15, -0.1) is 0 Å². The van der Waals surface area contributed by atoms with Crippen LogP contribution >= 0.6 is 23.8 Å². The van der Waals surface area contributed by atoms with Gasteiger partial charge in [-0.1, -0.05) is 23.7 Å². The second kappa shape index (κ2) is 8.65. The Bertz CT molecular complexity index is 1050. The van der Waals surface area contributed by atoms with Crippen LogP contribution in [0.1, 0.15) is 49.7 Å². The number of aromatic nitrogens is 1. The Morgan fingerprint density at radius 1 is 1.25 bits per heavy atom. The summed E-state index contributed by atoms with van der Waals surface area (Å²) in [5.41, 5.74) is 5.62. The van der Waals surface area contributed by atoms with Crippen LogP contribution in [0.5, 0.6) is 0 Å². The van der Waals surface area contributed by atoms with Crippen molar-refractivity contribution in [1.82, 2.24) is 20.1 Å². The van der Waals surface area contributed by atoms with E-state index < -0.39 is 0 Å². The van der Waals surface area contributed by atoms with E-state index in [9.17, 15) is 0 Å². The maximum Gasteiger partial charge on any atom is 0.170 e. The van der Waals surface area contributed by atoms with Crippen molar-refractivity contribution in [1.29, 1.82) is 0 Å². The van der Waals surface area contributed by atoms with Crippen LogP contribution in [0.15, 0.2) is 42.6 Å². The largest absolute Gasteiger partial charge is 0.365 e. The summed E-state index contributed by atoms with van der Waals surface area (Å²) in [5.74, 6) is 0. The average Bonchev–Trinajstić information content (AvgIpc) is 3.06. The number of fused-ring (bicyclic) bond motifs is 1. The Kier molecular flexibility index (Phi) is 6.23. The third-order valence-electron chi connectivity index (χ3n) is 6.64. The van der Waals surface area contributed by atoms with Crippen LogP contribution in [0.3, 0.4) is 0 Å². The fraction of sp³-hybridized carbons (Fsp3) is 0.440. The second-order valence-corrected chi connectivity index (χ2v) is 10.3. The number of nitrogens with zero attached hydrogens (tertiary/aromatic N) is 4. The van der Waals surface area contributed by atoms with Crippen LogP contribution < -0.4 is 10.2 Å². The van der Waals surface area contributed by atoms with E-state index >= 15 is 0 Å². The Morgan fingerprint density at radius 3 is 2.66 bits per heavy atom. The molecule has 0 saturated carbocycles. The lowest BCUT2D eigenvalue weighted by atomic mass is 9.86. The van der Waals surface area contributed by atoms with Crippen LogP contribution in [0, 0.1) is 0 Å². The number of hydrogen-bond donors (Lipinski definition) is 1. The van der Waals surface area contributed by atoms with Crippen LogP contribution in [0.2, 0.25) is 5.02 Å². The van der Waals surface area contributed by atoms with Gasteiger partial charge in [-0.05, 0) is 82.5 Å². The van der Waals surface area contributed by atoms with Crippen molar-refractivity contribution in [2.45, 2.75) is 38.4 Å². The van der Waals surface area contributed by atoms with Gasteiger partial charge in [-0.3, -0.25) is 4.98 Å². The number of rotatable bonds is 5. The molecule has 0 spiro atoms. The molecule has 0 amide bonds. The average molecular weight is 470 g/mol. The van der Waals surface area contributed by atoms with Gasteiger partial charge >= 0.3 is 0 Å². The predicted octanol–water partition coefficient (Wildman–Crippen LogP) is 4.90. The number of pyridine rings is 1. The highest BCUT2D eigenvalue weighted by molar-refractivity contribution is 7.80. The van der Waals surface area contributed by atoms with Crippen molar-refractivity contribution in [3.8, 4) is 0 Å². The van der Waals surface area contributed by atoms with Gasteiger partial charge in [0.25, 0.3) is 0 Å². The monoisotopic (exact) mass is 469 g/mol. The maximum absolute atomic E-state index is 7.00. The van der Waals surface area contributed by atoms with Crippen LogP contribution in [-0.4, -0.2) is 59.7 Å². The standard InChI is InChI=1S/C25H32ClN5S/c1-16-15-25(2,3)30(6)21-14-19(26)18(13-17(16)21)23-22(20-9-7-8-10-27-20)28-24(32)31(23)12-11-29(4)5/h7-10,13-15,22-23H,11-12H2,1-6H3,(H,28,32)/t22-,23-/m1/s1. The first kappa shape index (κ1) is 23.0. The molecular weight excluding hydrogens is 438 g/mol. The summed E-state index contributed by atoms with van der Waals surface area (Å²) in [5, 5.41) is 5.03. The smallest absolute Gasteiger partial charge is 0.170 e. The predicted molar refractivity (Wildman–Crippen MR) is 138 cm³/mol. The molecule has 2 aliphatic rings. The van der Waals surface area contributed by atoms with Crippen LogP contribution in [0.4, 0.5) is 5.69 Å². The highest BCUT2D eigenvalue weighted by Gasteiger charge is 2.41. The zero-order valence-corrected chi connectivity index (χ0v) is 21.3. The molecule has 2 aliphatic heterocycles. The lowest BCUT2D eigenvalue weighted by molar-refractivity contribution is 0.278. The summed E-state index contributed by atoms with van der Waals surface area (Å²) in [6, 6.07) is 10.3. The number of hydrogen-bond acceptors (Lipinski definition) is 4. The molecular formula is C25H32ClN5S. The molecule has 3 heterocycles.